The zero-order chi connectivity index (χ0) is 16.4. The summed E-state index contributed by atoms with van der Waals surface area (Å²) in [6.07, 6.45) is 6.28. The van der Waals surface area contributed by atoms with E-state index in [-0.39, 0.29) is 5.91 Å². The standard InChI is InChI=1S/C19H23N3O2/c23-19(22-11-10-15-6-7-16(13-22)21-15)9-8-18-20-12-17(24-18)14-4-2-1-3-5-14/h1-5,12,15-16,21H,6-11,13H2. The number of rotatable bonds is 4. The maximum Gasteiger partial charge on any atom is 0.223 e. The minimum absolute atomic E-state index is 0.212. The Hall–Kier alpha value is -2.14. The molecule has 0 spiro atoms. The average Bonchev–Trinajstić information content (AvgIpc) is 3.20. The lowest BCUT2D eigenvalue weighted by molar-refractivity contribution is -0.131. The number of benzene rings is 1. The number of aromatic nitrogens is 1. The van der Waals surface area contributed by atoms with E-state index in [2.05, 4.69) is 10.3 Å². The number of amides is 1. The minimum Gasteiger partial charge on any atom is -0.441 e. The monoisotopic (exact) mass is 325 g/mol. The highest BCUT2D eigenvalue weighted by molar-refractivity contribution is 5.76. The van der Waals surface area contributed by atoms with Gasteiger partial charge in [0.15, 0.2) is 11.7 Å². The largest absolute Gasteiger partial charge is 0.441 e. The van der Waals surface area contributed by atoms with Crippen molar-refractivity contribution in [1.82, 2.24) is 15.2 Å². The summed E-state index contributed by atoms with van der Waals surface area (Å²) in [5.74, 6) is 1.61. The molecular formula is C19H23N3O2. The van der Waals surface area contributed by atoms with Crippen molar-refractivity contribution in [2.75, 3.05) is 13.1 Å². The summed E-state index contributed by atoms with van der Waals surface area (Å²) in [5.41, 5.74) is 1.01. The summed E-state index contributed by atoms with van der Waals surface area (Å²) in [5, 5.41) is 3.61. The zero-order valence-electron chi connectivity index (χ0n) is 13.8. The Kier molecular flexibility index (Phi) is 4.34. The molecule has 1 amide bonds. The van der Waals surface area contributed by atoms with Crippen molar-refractivity contribution in [2.45, 2.75) is 44.2 Å². The van der Waals surface area contributed by atoms with E-state index >= 15 is 0 Å². The molecule has 2 saturated heterocycles. The first-order chi connectivity index (χ1) is 11.8. The maximum atomic E-state index is 12.5. The number of hydrogen-bond acceptors (Lipinski definition) is 4. The van der Waals surface area contributed by atoms with E-state index in [1.807, 2.05) is 35.2 Å². The van der Waals surface area contributed by atoms with Crippen LogP contribution in [-0.4, -0.2) is 41.0 Å². The highest BCUT2D eigenvalue weighted by Crippen LogP contribution is 2.22. The van der Waals surface area contributed by atoms with Crippen LogP contribution in [0.1, 0.15) is 31.6 Å². The molecule has 4 rings (SSSR count). The van der Waals surface area contributed by atoms with E-state index in [1.165, 1.54) is 12.8 Å². The van der Waals surface area contributed by atoms with Gasteiger partial charge in [0.25, 0.3) is 0 Å². The predicted molar refractivity (Wildman–Crippen MR) is 91.4 cm³/mol. The van der Waals surface area contributed by atoms with E-state index in [1.54, 1.807) is 6.20 Å². The first-order valence-electron chi connectivity index (χ1n) is 8.82. The molecule has 3 heterocycles. The number of likely N-dealkylation sites (tertiary alicyclic amines) is 1. The van der Waals surface area contributed by atoms with Gasteiger partial charge in [-0.2, -0.15) is 0 Å². The van der Waals surface area contributed by atoms with Crippen molar-refractivity contribution in [3.8, 4) is 11.3 Å². The van der Waals surface area contributed by atoms with Crippen LogP contribution in [-0.2, 0) is 11.2 Å². The van der Waals surface area contributed by atoms with Gasteiger partial charge in [-0.3, -0.25) is 4.79 Å². The minimum atomic E-state index is 0.212. The molecule has 2 bridgehead atoms. The van der Waals surface area contributed by atoms with Crippen LogP contribution < -0.4 is 5.32 Å². The summed E-state index contributed by atoms with van der Waals surface area (Å²) in [7, 11) is 0. The highest BCUT2D eigenvalue weighted by atomic mass is 16.4. The molecule has 24 heavy (non-hydrogen) atoms. The molecule has 0 saturated carbocycles. The van der Waals surface area contributed by atoms with Crippen molar-refractivity contribution in [2.24, 2.45) is 0 Å². The number of nitrogens with one attached hydrogen (secondary N) is 1. The van der Waals surface area contributed by atoms with Crippen LogP contribution in [0.3, 0.4) is 0 Å². The van der Waals surface area contributed by atoms with Gasteiger partial charge in [0, 0.05) is 43.6 Å². The van der Waals surface area contributed by atoms with Crippen LogP contribution in [0.15, 0.2) is 40.9 Å². The number of oxazole rings is 1. The van der Waals surface area contributed by atoms with E-state index in [0.29, 0.717) is 30.8 Å². The van der Waals surface area contributed by atoms with Gasteiger partial charge >= 0.3 is 0 Å². The smallest absolute Gasteiger partial charge is 0.223 e. The lowest BCUT2D eigenvalue weighted by atomic mass is 10.1. The molecule has 0 radical (unpaired) electrons. The Bertz CT molecular complexity index is 698. The summed E-state index contributed by atoms with van der Waals surface area (Å²) < 4.78 is 5.79. The predicted octanol–water partition coefficient (Wildman–Crippen LogP) is 2.63. The van der Waals surface area contributed by atoms with Crippen LogP contribution in [0, 0.1) is 0 Å². The van der Waals surface area contributed by atoms with Gasteiger partial charge in [-0.05, 0) is 19.3 Å². The fraction of sp³-hybridized carbons (Fsp3) is 0.474. The highest BCUT2D eigenvalue weighted by Gasteiger charge is 2.30. The topological polar surface area (TPSA) is 58.4 Å². The number of hydrogen-bond donors (Lipinski definition) is 1. The van der Waals surface area contributed by atoms with Crippen LogP contribution in [0.2, 0.25) is 0 Å². The molecule has 1 aromatic heterocycles. The average molecular weight is 325 g/mol. The van der Waals surface area contributed by atoms with Gasteiger partial charge < -0.3 is 14.6 Å². The number of carbonyl (C=O) groups is 1. The number of fused-ring (bicyclic) bond motifs is 2. The molecular weight excluding hydrogens is 302 g/mol. The molecule has 5 heteroatoms. The van der Waals surface area contributed by atoms with E-state index in [4.69, 9.17) is 4.42 Å². The molecule has 2 aliphatic rings. The SMILES string of the molecule is O=C(CCc1ncc(-c2ccccc2)o1)N1CCC2CCC(C1)N2. The summed E-state index contributed by atoms with van der Waals surface area (Å²) in [4.78, 5) is 18.8. The third kappa shape index (κ3) is 3.36. The fourth-order valence-corrected chi connectivity index (χ4v) is 3.70. The van der Waals surface area contributed by atoms with Gasteiger partial charge in [0.1, 0.15) is 0 Å². The van der Waals surface area contributed by atoms with E-state index in [0.717, 1.165) is 30.8 Å². The third-order valence-corrected chi connectivity index (χ3v) is 5.04. The second kappa shape index (κ2) is 6.77. The molecule has 5 nitrogen and oxygen atoms in total. The van der Waals surface area contributed by atoms with E-state index < -0.39 is 0 Å². The Morgan fingerprint density at radius 1 is 1.21 bits per heavy atom. The number of nitrogens with zero attached hydrogens (tertiary/aromatic N) is 2. The molecule has 2 fully saturated rings. The molecule has 2 aromatic rings. The molecule has 0 aliphatic carbocycles. The first kappa shape index (κ1) is 15.4. The fourth-order valence-electron chi connectivity index (χ4n) is 3.70. The van der Waals surface area contributed by atoms with Crippen LogP contribution in [0.25, 0.3) is 11.3 Å². The van der Waals surface area contributed by atoms with Crippen molar-refractivity contribution < 1.29 is 9.21 Å². The quantitative estimate of drug-likeness (QED) is 0.939. The van der Waals surface area contributed by atoms with E-state index in [9.17, 15) is 4.79 Å². The summed E-state index contributed by atoms with van der Waals surface area (Å²) in [6, 6.07) is 11.0. The van der Waals surface area contributed by atoms with Gasteiger partial charge in [-0.1, -0.05) is 30.3 Å². The van der Waals surface area contributed by atoms with Crippen LogP contribution in [0.4, 0.5) is 0 Å². The first-order valence-corrected chi connectivity index (χ1v) is 8.82. The van der Waals surface area contributed by atoms with Gasteiger partial charge in [0.2, 0.25) is 5.91 Å². The molecule has 2 unspecified atom stereocenters. The van der Waals surface area contributed by atoms with Crippen LogP contribution in [0.5, 0.6) is 0 Å². The molecule has 2 atom stereocenters. The molecule has 2 aliphatic heterocycles. The lowest BCUT2D eigenvalue weighted by Crippen LogP contribution is -2.39. The Morgan fingerprint density at radius 2 is 2.04 bits per heavy atom. The van der Waals surface area contributed by atoms with Gasteiger partial charge in [-0.25, -0.2) is 4.98 Å². The normalized spacial score (nSPS) is 23.2. The van der Waals surface area contributed by atoms with Crippen molar-refractivity contribution in [3.05, 3.63) is 42.4 Å². The van der Waals surface area contributed by atoms with Crippen LogP contribution >= 0.6 is 0 Å². The lowest BCUT2D eigenvalue weighted by Gasteiger charge is -2.24. The molecule has 126 valence electrons. The Balaban J connectivity index is 1.33. The zero-order valence-corrected chi connectivity index (χ0v) is 13.8. The number of carbonyl (C=O) groups excluding carboxylic acids is 1. The third-order valence-electron chi connectivity index (χ3n) is 5.04. The van der Waals surface area contributed by atoms with Gasteiger partial charge in [0.05, 0.1) is 6.20 Å². The molecule has 1 N–H and O–H groups in total. The van der Waals surface area contributed by atoms with Crippen molar-refractivity contribution >= 4 is 5.91 Å². The maximum absolute atomic E-state index is 12.5. The second-order valence-corrected chi connectivity index (χ2v) is 6.75. The summed E-state index contributed by atoms with van der Waals surface area (Å²) >= 11 is 0. The van der Waals surface area contributed by atoms with Crippen molar-refractivity contribution in [3.63, 3.8) is 0 Å². The second-order valence-electron chi connectivity index (χ2n) is 6.75. The van der Waals surface area contributed by atoms with Crippen molar-refractivity contribution in [1.29, 1.82) is 0 Å². The Morgan fingerprint density at radius 3 is 2.92 bits per heavy atom. The summed E-state index contributed by atoms with van der Waals surface area (Å²) in [6.45, 7) is 1.71. The molecule has 1 aromatic carbocycles. The van der Waals surface area contributed by atoms with Gasteiger partial charge in [-0.15, -0.1) is 0 Å². The Labute approximate surface area is 142 Å². The number of aryl methyl sites for hydroxylation is 1.